The summed E-state index contributed by atoms with van der Waals surface area (Å²) >= 11 is 4.07. The van der Waals surface area contributed by atoms with Gasteiger partial charge < -0.3 is 5.32 Å². The van der Waals surface area contributed by atoms with Crippen molar-refractivity contribution in [2.75, 3.05) is 23.4 Å². The van der Waals surface area contributed by atoms with Gasteiger partial charge in [-0.1, -0.05) is 27.7 Å². The van der Waals surface area contributed by atoms with Gasteiger partial charge in [0.1, 0.15) is 0 Å². The Morgan fingerprint density at radius 2 is 1.50 bits per heavy atom. The normalized spacial score (nSPS) is 16.6. The fraction of sp³-hybridized carbons (Fsp3) is 0.647. The predicted octanol–water partition coefficient (Wildman–Crippen LogP) is 6.08. The van der Waals surface area contributed by atoms with E-state index < -0.39 is 0 Å². The fourth-order valence-corrected chi connectivity index (χ4v) is 4.67. The summed E-state index contributed by atoms with van der Waals surface area (Å²) in [6, 6.07) is 4.82. The van der Waals surface area contributed by atoms with E-state index in [4.69, 9.17) is 0 Å². The second-order valence-corrected chi connectivity index (χ2v) is 6.66. The third-order valence-electron chi connectivity index (χ3n) is 3.16. The highest BCUT2D eigenvalue weighted by molar-refractivity contribution is 8.03. The van der Waals surface area contributed by atoms with Crippen LogP contribution in [-0.4, -0.2) is 18.1 Å². The van der Waals surface area contributed by atoms with E-state index in [2.05, 4.69) is 17.4 Å². The fourth-order valence-electron chi connectivity index (χ4n) is 2.29. The molecule has 0 radical (unpaired) electrons. The van der Waals surface area contributed by atoms with Gasteiger partial charge in [0.05, 0.1) is 0 Å². The number of fused-ring (bicyclic) bond motifs is 2. The number of hydrogen-bond acceptors (Lipinski definition) is 3. The molecule has 1 aromatic rings. The molecular weight excluding hydrogens is 282 g/mol. The molecule has 2 heterocycles. The standard InChI is InChI=1S/C13H17NS2.2C2H6/c1-2-5-14-11-9-13-12(8-10(11)4-1)15-6-3-7-16-13;2*1-2/h8-9,14H,1-7H2;2*1-2H3. The van der Waals surface area contributed by atoms with E-state index in [-0.39, 0.29) is 0 Å². The van der Waals surface area contributed by atoms with Crippen LogP contribution in [0.15, 0.2) is 21.9 Å². The summed E-state index contributed by atoms with van der Waals surface area (Å²) in [5, 5.41) is 3.57. The van der Waals surface area contributed by atoms with Gasteiger partial charge in [-0.05, 0) is 54.9 Å². The highest BCUT2D eigenvalue weighted by Gasteiger charge is 2.14. The maximum atomic E-state index is 3.57. The van der Waals surface area contributed by atoms with Crippen molar-refractivity contribution in [3.05, 3.63) is 17.7 Å². The maximum absolute atomic E-state index is 3.57. The van der Waals surface area contributed by atoms with E-state index in [0.29, 0.717) is 0 Å². The molecule has 0 spiro atoms. The quantitative estimate of drug-likeness (QED) is 0.624. The number of aryl methyl sites for hydroxylation is 1. The minimum atomic E-state index is 1.14. The Labute approximate surface area is 133 Å². The molecule has 2 aliphatic rings. The van der Waals surface area contributed by atoms with E-state index in [0.717, 1.165) is 6.54 Å². The molecule has 1 N–H and O–H groups in total. The summed E-state index contributed by atoms with van der Waals surface area (Å²) in [6.07, 6.45) is 5.22. The lowest BCUT2D eigenvalue weighted by Crippen LogP contribution is -2.00. The van der Waals surface area contributed by atoms with Crippen molar-refractivity contribution in [2.45, 2.75) is 63.2 Å². The van der Waals surface area contributed by atoms with Crippen molar-refractivity contribution in [2.24, 2.45) is 0 Å². The lowest BCUT2D eigenvalue weighted by Gasteiger charge is -2.12. The van der Waals surface area contributed by atoms with Crippen LogP contribution in [0, 0.1) is 0 Å². The summed E-state index contributed by atoms with van der Waals surface area (Å²) in [4.78, 5) is 3.01. The van der Waals surface area contributed by atoms with Gasteiger partial charge >= 0.3 is 0 Å². The van der Waals surface area contributed by atoms with Crippen LogP contribution in [0.1, 0.15) is 52.5 Å². The highest BCUT2D eigenvalue weighted by Crippen LogP contribution is 2.39. The second-order valence-electron chi connectivity index (χ2n) is 4.39. The minimum absolute atomic E-state index is 1.14. The Morgan fingerprint density at radius 3 is 2.20 bits per heavy atom. The summed E-state index contributed by atoms with van der Waals surface area (Å²) < 4.78 is 0. The molecule has 0 saturated carbocycles. The summed E-state index contributed by atoms with van der Waals surface area (Å²) in [5.41, 5.74) is 2.93. The minimum Gasteiger partial charge on any atom is -0.385 e. The zero-order chi connectivity index (χ0) is 14.8. The molecule has 0 fully saturated rings. The first kappa shape index (κ1) is 17.8. The van der Waals surface area contributed by atoms with Gasteiger partial charge in [0, 0.05) is 22.0 Å². The lowest BCUT2D eigenvalue weighted by atomic mass is 10.1. The summed E-state index contributed by atoms with van der Waals surface area (Å²) in [7, 11) is 0. The van der Waals surface area contributed by atoms with Crippen LogP contribution in [0.5, 0.6) is 0 Å². The van der Waals surface area contributed by atoms with Crippen molar-refractivity contribution in [1.82, 2.24) is 0 Å². The molecule has 0 atom stereocenters. The number of thioether (sulfide) groups is 2. The molecule has 0 unspecified atom stereocenters. The van der Waals surface area contributed by atoms with Gasteiger partial charge in [0.2, 0.25) is 0 Å². The zero-order valence-electron chi connectivity index (χ0n) is 13.4. The largest absolute Gasteiger partial charge is 0.385 e. The highest BCUT2D eigenvalue weighted by atomic mass is 32.2. The van der Waals surface area contributed by atoms with Crippen LogP contribution in [-0.2, 0) is 6.42 Å². The average Bonchev–Trinajstić information content (AvgIpc) is 2.88. The molecule has 0 aliphatic carbocycles. The number of hydrogen-bond donors (Lipinski definition) is 1. The maximum Gasteiger partial charge on any atom is 0.0384 e. The molecule has 3 rings (SSSR count). The summed E-state index contributed by atoms with van der Waals surface area (Å²) in [6.45, 7) is 9.14. The molecule has 20 heavy (non-hydrogen) atoms. The molecule has 0 bridgehead atoms. The van der Waals surface area contributed by atoms with Crippen molar-refractivity contribution in [3.8, 4) is 0 Å². The van der Waals surface area contributed by atoms with Gasteiger partial charge in [0.25, 0.3) is 0 Å². The van der Waals surface area contributed by atoms with Crippen molar-refractivity contribution >= 4 is 29.2 Å². The lowest BCUT2D eigenvalue weighted by molar-refractivity contribution is 0.784. The third kappa shape index (κ3) is 4.92. The van der Waals surface area contributed by atoms with Crippen molar-refractivity contribution < 1.29 is 0 Å². The van der Waals surface area contributed by atoms with Gasteiger partial charge in [-0.25, -0.2) is 0 Å². The Bertz CT molecular complexity index is 323. The number of rotatable bonds is 0. The molecule has 2 aliphatic heterocycles. The third-order valence-corrected chi connectivity index (χ3v) is 5.57. The van der Waals surface area contributed by atoms with Crippen molar-refractivity contribution in [1.29, 1.82) is 0 Å². The Balaban J connectivity index is 0.000000461. The van der Waals surface area contributed by atoms with Crippen LogP contribution in [0.25, 0.3) is 0 Å². The molecule has 1 aromatic carbocycles. The van der Waals surface area contributed by atoms with Crippen LogP contribution < -0.4 is 5.32 Å². The SMILES string of the molecule is CC.CC.c1c2c(cc3c1SCCCS3)NCCCC2. The predicted molar refractivity (Wildman–Crippen MR) is 96.6 cm³/mol. The molecule has 0 saturated heterocycles. The van der Waals surface area contributed by atoms with Crippen LogP contribution in [0.4, 0.5) is 5.69 Å². The first-order valence-electron chi connectivity index (χ1n) is 8.10. The first-order valence-corrected chi connectivity index (χ1v) is 10.1. The van der Waals surface area contributed by atoms with Crippen LogP contribution in [0.3, 0.4) is 0 Å². The summed E-state index contributed by atoms with van der Waals surface area (Å²) in [5.74, 6) is 2.56. The molecule has 0 amide bonds. The number of nitrogens with one attached hydrogen (secondary N) is 1. The molecular formula is C17H29NS2. The van der Waals surface area contributed by atoms with Gasteiger partial charge in [-0.2, -0.15) is 0 Å². The van der Waals surface area contributed by atoms with Crippen LogP contribution >= 0.6 is 23.5 Å². The number of anilines is 1. The number of benzene rings is 1. The van der Waals surface area contributed by atoms with E-state index in [9.17, 15) is 0 Å². The Morgan fingerprint density at radius 1 is 0.850 bits per heavy atom. The van der Waals surface area contributed by atoms with E-state index in [1.54, 1.807) is 0 Å². The Kier molecular flexibility index (Phi) is 9.28. The molecule has 1 nitrogen and oxygen atoms in total. The smallest absolute Gasteiger partial charge is 0.0384 e. The molecule has 114 valence electrons. The van der Waals surface area contributed by atoms with E-state index >= 15 is 0 Å². The zero-order valence-corrected chi connectivity index (χ0v) is 15.1. The first-order chi connectivity index (χ1) is 9.93. The van der Waals surface area contributed by atoms with Crippen molar-refractivity contribution in [3.63, 3.8) is 0 Å². The topological polar surface area (TPSA) is 12.0 Å². The molecule has 3 heteroatoms. The van der Waals surface area contributed by atoms with Gasteiger partial charge in [-0.3, -0.25) is 0 Å². The van der Waals surface area contributed by atoms with Gasteiger partial charge in [0.15, 0.2) is 0 Å². The van der Waals surface area contributed by atoms with Crippen LogP contribution in [0.2, 0.25) is 0 Å². The monoisotopic (exact) mass is 311 g/mol. The van der Waals surface area contributed by atoms with E-state index in [1.807, 2.05) is 51.2 Å². The Hall–Kier alpha value is -0.280. The van der Waals surface area contributed by atoms with Gasteiger partial charge in [-0.15, -0.1) is 23.5 Å². The van der Waals surface area contributed by atoms with E-state index in [1.165, 1.54) is 58.2 Å². The molecule has 0 aromatic heterocycles. The second kappa shape index (κ2) is 10.4. The average molecular weight is 312 g/mol.